The third-order valence-electron chi connectivity index (χ3n) is 4.48. The first kappa shape index (κ1) is 11.7. The summed E-state index contributed by atoms with van der Waals surface area (Å²) in [5.74, 6) is 0.851. The molecule has 0 aliphatic heterocycles. The zero-order valence-corrected chi connectivity index (χ0v) is 10.4. The van der Waals surface area contributed by atoms with Crippen molar-refractivity contribution in [2.75, 3.05) is 0 Å². The van der Waals surface area contributed by atoms with Crippen molar-refractivity contribution in [2.45, 2.75) is 31.9 Å². The lowest BCUT2D eigenvalue weighted by atomic mass is 9.85. The topological polar surface area (TPSA) is 52.3 Å². The monoisotopic (exact) mass is 245 g/mol. The van der Waals surface area contributed by atoms with Crippen LogP contribution < -0.4 is 5.73 Å². The number of benzene rings is 1. The molecular weight excluding hydrogens is 226 g/mol. The second-order valence-corrected chi connectivity index (χ2v) is 5.53. The minimum atomic E-state index is -0.0986. The summed E-state index contributed by atoms with van der Waals surface area (Å²) >= 11 is 0. The molecule has 0 saturated heterocycles. The first-order valence-corrected chi connectivity index (χ1v) is 6.72. The highest BCUT2D eigenvalue weighted by atomic mass is 16.5. The molecule has 1 aromatic rings. The van der Waals surface area contributed by atoms with Crippen LogP contribution in [0.1, 0.15) is 24.8 Å². The molecule has 0 amide bonds. The SMILES string of the molecule is N[C@H]1[C@@H]2CC[C@@H](C2)[C@H]1C(=O)OCc1ccccc1. The Morgan fingerprint density at radius 3 is 2.61 bits per heavy atom. The van der Waals surface area contributed by atoms with Crippen LogP contribution in [0.2, 0.25) is 0 Å². The van der Waals surface area contributed by atoms with Crippen molar-refractivity contribution >= 4 is 5.97 Å². The predicted octanol–water partition coefficient (Wildman–Crippen LogP) is 2.10. The molecule has 3 nitrogen and oxygen atoms in total. The number of hydrogen-bond donors (Lipinski definition) is 1. The summed E-state index contributed by atoms with van der Waals surface area (Å²) in [6.07, 6.45) is 3.45. The Morgan fingerprint density at radius 1 is 1.22 bits per heavy atom. The van der Waals surface area contributed by atoms with Crippen molar-refractivity contribution in [1.82, 2.24) is 0 Å². The van der Waals surface area contributed by atoms with Gasteiger partial charge in [-0.05, 0) is 36.7 Å². The lowest BCUT2D eigenvalue weighted by molar-refractivity contribution is -0.152. The highest BCUT2D eigenvalue weighted by Crippen LogP contribution is 2.48. The molecule has 18 heavy (non-hydrogen) atoms. The smallest absolute Gasteiger partial charge is 0.311 e. The van der Waals surface area contributed by atoms with E-state index in [0.29, 0.717) is 18.4 Å². The van der Waals surface area contributed by atoms with E-state index < -0.39 is 0 Å². The summed E-state index contributed by atoms with van der Waals surface area (Å²) in [6, 6.07) is 9.81. The van der Waals surface area contributed by atoms with Crippen LogP contribution in [0.3, 0.4) is 0 Å². The van der Waals surface area contributed by atoms with E-state index >= 15 is 0 Å². The lowest BCUT2D eigenvalue weighted by Crippen LogP contribution is -2.40. The summed E-state index contributed by atoms with van der Waals surface area (Å²) in [4.78, 5) is 12.1. The molecule has 2 bridgehead atoms. The van der Waals surface area contributed by atoms with Gasteiger partial charge in [-0.2, -0.15) is 0 Å². The largest absolute Gasteiger partial charge is 0.461 e. The first-order valence-electron chi connectivity index (χ1n) is 6.72. The van der Waals surface area contributed by atoms with E-state index in [-0.39, 0.29) is 17.9 Å². The number of fused-ring (bicyclic) bond motifs is 2. The third kappa shape index (κ3) is 2.03. The Kier molecular flexibility index (Phi) is 3.08. The zero-order valence-electron chi connectivity index (χ0n) is 10.4. The van der Waals surface area contributed by atoms with Crippen LogP contribution in [0.15, 0.2) is 30.3 Å². The molecule has 0 radical (unpaired) electrons. The van der Waals surface area contributed by atoms with Crippen LogP contribution >= 0.6 is 0 Å². The minimum absolute atomic E-state index is 0.0204. The Morgan fingerprint density at radius 2 is 1.94 bits per heavy atom. The number of ether oxygens (including phenoxy) is 1. The standard InChI is InChI=1S/C15H19NO2/c16-14-12-7-6-11(8-12)13(14)15(17)18-9-10-4-2-1-3-5-10/h1-5,11-14H,6-9,16H2/t11-,12+,13+,14-/m0/s1. The number of carbonyl (C=O) groups excluding carboxylic acids is 1. The van der Waals surface area contributed by atoms with E-state index in [2.05, 4.69) is 0 Å². The predicted molar refractivity (Wildman–Crippen MR) is 68.5 cm³/mol. The Balaban J connectivity index is 1.59. The average Bonchev–Trinajstić information content (AvgIpc) is 2.98. The van der Waals surface area contributed by atoms with Crippen LogP contribution in [-0.2, 0) is 16.1 Å². The zero-order chi connectivity index (χ0) is 12.5. The van der Waals surface area contributed by atoms with Gasteiger partial charge < -0.3 is 10.5 Å². The van der Waals surface area contributed by atoms with Gasteiger partial charge >= 0.3 is 5.97 Å². The van der Waals surface area contributed by atoms with E-state index in [4.69, 9.17) is 10.5 Å². The lowest BCUT2D eigenvalue weighted by Gasteiger charge is -2.26. The molecule has 2 N–H and O–H groups in total. The normalized spacial score (nSPS) is 33.6. The summed E-state index contributed by atoms with van der Waals surface area (Å²) in [6.45, 7) is 0.361. The fraction of sp³-hybridized carbons (Fsp3) is 0.533. The molecule has 4 atom stereocenters. The second kappa shape index (κ2) is 4.73. The molecule has 2 aliphatic rings. The highest BCUT2D eigenvalue weighted by molar-refractivity contribution is 5.74. The Labute approximate surface area is 107 Å². The number of nitrogens with two attached hydrogens (primary N) is 1. The molecule has 0 heterocycles. The molecule has 2 fully saturated rings. The molecule has 96 valence electrons. The molecule has 1 aromatic carbocycles. The maximum atomic E-state index is 12.1. The summed E-state index contributed by atoms with van der Waals surface area (Å²) < 4.78 is 5.42. The maximum Gasteiger partial charge on any atom is 0.311 e. The molecule has 0 spiro atoms. The minimum Gasteiger partial charge on any atom is -0.461 e. The van der Waals surface area contributed by atoms with Gasteiger partial charge in [-0.15, -0.1) is 0 Å². The summed E-state index contributed by atoms with van der Waals surface area (Å²) in [7, 11) is 0. The summed E-state index contributed by atoms with van der Waals surface area (Å²) in [5.41, 5.74) is 7.16. The third-order valence-corrected chi connectivity index (χ3v) is 4.48. The Bertz CT molecular complexity index is 429. The second-order valence-electron chi connectivity index (χ2n) is 5.53. The van der Waals surface area contributed by atoms with Crippen molar-refractivity contribution < 1.29 is 9.53 Å². The first-order chi connectivity index (χ1) is 8.75. The van der Waals surface area contributed by atoms with E-state index in [1.54, 1.807) is 0 Å². The van der Waals surface area contributed by atoms with Gasteiger partial charge in [-0.3, -0.25) is 4.79 Å². The number of carbonyl (C=O) groups is 1. The summed E-state index contributed by atoms with van der Waals surface area (Å²) in [5, 5.41) is 0. The highest BCUT2D eigenvalue weighted by Gasteiger charge is 2.49. The number of rotatable bonds is 3. The van der Waals surface area contributed by atoms with Gasteiger partial charge in [0.1, 0.15) is 6.61 Å². The van der Waals surface area contributed by atoms with Crippen molar-refractivity contribution in [3.05, 3.63) is 35.9 Å². The molecule has 3 rings (SSSR count). The van der Waals surface area contributed by atoms with Gasteiger partial charge in [0.05, 0.1) is 5.92 Å². The molecule has 3 heteroatoms. The number of hydrogen-bond acceptors (Lipinski definition) is 3. The Hall–Kier alpha value is -1.35. The van der Waals surface area contributed by atoms with Crippen LogP contribution in [0, 0.1) is 17.8 Å². The molecular formula is C15H19NO2. The van der Waals surface area contributed by atoms with Crippen molar-refractivity contribution in [1.29, 1.82) is 0 Å². The maximum absolute atomic E-state index is 12.1. The van der Waals surface area contributed by atoms with E-state index in [1.165, 1.54) is 6.42 Å². The van der Waals surface area contributed by atoms with Crippen LogP contribution in [0.25, 0.3) is 0 Å². The molecule has 0 aromatic heterocycles. The number of esters is 1. The molecule has 2 saturated carbocycles. The average molecular weight is 245 g/mol. The van der Waals surface area contributed by atoms with E-state index in [9.17, 15) is 4.79 Å². The van der Waals surface area contributed by atoms with Gasteiger partial charge in [0.15, 0.2) is 0 Å². The molecule has 0 unspecified atom stereocenters. The van der Waals surface area contributed by atoms with Gasteiger partial charge in [0.2, 0.25) is 0 Å². The van der Waals surface area contributed by atoms with Gasteiger partial charge in [-0.1, -0.05) is 30.3 Å². The van der Waals surface area contributed by atoms with Crippen LogP contribution in [-0.4, -0.2) is 12.0 Å². The van der Waals surface area contributed by atoms with Crippen molar-refractivity contribution in [3.63, 3.8) is 0 Å². The quantitative estimate of drug-likeness (QED) is 0.830. The fourth-order valence-electron chi connectivity index (χ4n) is 3.51. The van der Waals surface area contributed by atoms with Crippen molar-refractivity contribution in [3.8, 4) is 0 Å². The van der Waals surface area contributed by atoms with Gasteiger partial charge in [0.25, 0.3) is 0 Å². The molecule has 2 aliphatic carbocycles. The van der Waals surface area contributed by atoms with Gasteiger partial charge in [-0.25, -0.2) is 0 Å². The van der Waals surface area contributed by atoms with E-state index in [1.807, 2.05) is 30.3 Å². The van der Waals surface area contributed by atoms with Crippen LogP contribution in [0.5, 0.6) is 0 Å². The van der Waals surface area contributed by atoms with E-state index in [0.717, 1.165) is 18.4 Å². The van der Waals surface area contributed by atoms with Crippen molar-refractivity contribution in [2.24, 2.45) is 23.5 Å². The fourth-order valence-corrected chi connectivity index (χ4v) is 3.51. The van der Waals surface area contributed by atoms with Crippen LogP contribution in [0.4, 0.5) is 0 Å². The van der Waals surface area contributed by atoms with Gasteiger partial charge in [0, 0.05) is 6.04 Å².